The topological polar surface area (TPSA) is 122 Å². The van der Waals surface area contributed by atoms with Crippen LogP contribution in [0, 0.1) is 29.6 Å². The highest BCUT2D eigenvalue weighted by atomic mass is 16.2. The van der Waals surface area contributed by atoms with Crippen LogP contribution in [0.5, 0.6) is 0 Å². The lowest BCUT2D eigenvalue weighted by Crippen LogP contribution is -2.58. The van der Waals surface area contributed by atoms with E-state index in [1.165, 1.54) is 6.08 Å². The van der Waals surface area contributed by atoms with Gasteiger partial charge >= 0.3 is 0 Å². The summed E-state index contributed by atoms with van der Waals surface area (Å²) >= 11 is 0. The molecule has 0 radical (unpaired) electrons. The molecule has 1 heterocycles. The van der Waals surface area contributed by atoms with Crippen LogP contribution in [-0.2, 0) is 19.2 Å². The van der Waals surface area contributed by atoms with Gasteiger partial charge in [0.1, 0.15) is 12.1 Å². The van der Waals surface area contributed by atoms with Crippen LogP contribution in [0.15, 0.2) is 12.7 Å². The van der Waals surface area contributed by atoms with Crippen LogP contribution in [-0.4, -0.2) is 59.6 Å². The lowest BCUT2D eigenvalue weighted by molar-refractivity contribution is -0.144. The number of carbonyl (C=O) groups is 4. The summed E-state index contributed by atoms with van der Waals surface area (Å²) in [6.45, 7) is 9.72. The lowest BCUT2D eigenvalue weighted by atomic mass is 9.86. The highest BCUT2D eigenvalue weighted by molar-refractivity contribution is 6.38. The van der Waals surface area contributed by atoms with E-state index in [9.17, 15) is 19.2 Å². The Bertz CT molecular complexity index is 779. The van der Waals surface area contributed by atoms with Gasteiger partial charge in [-0.3, -0.25) is 19.2 Å². The molecule has 0 spiro atoms. The van der Waals surface area contributed by atoms with Crippen LogP contribution < -0.4 is 16.4 Å². The predicted molar refractivity (Wildman–Crippen MR) is 117 cm³/mol. The summed E-state index contributed by atoms with van der Waals surface area (Å²) < 4.78 is 0. The van der Waals surface area contributed by atoms with E-state index in [0.29, 0.717) is 6.54 Å². The molecule has 0 aromatic rings. The van der Waals surface area contributed by atoms with Crippen LogP contribution in [0.4, 0.5) is 0 Å². The number of terminal acetylenes is 1. The Kier molecular flexibility index (Phi) is 8.02. The largest absolute Gasteiger partial charge is 0.346 e. The van der Waals surface area contributed by atoms with E-state index in [4.69, 9.17) is 12.2 Å². The quantitative estimate of drug-likeness (QED) is 0.292. The second-order valence-electron chi connectivity index (χ2n) is 9.47. The second-order valence-corrected chi connectivity index (χ2v) is 9.47. The number of nitrogens with two attached hydrogens (primary N) is 1. The van der Waals surface area contributed by atoms with E-state index >= 15 is 0 Å². The molecule has 3 amide bonds. The smallest absolute Gasteiger partial charge is 0.289 e. The molecule has 2 aliphatic rings. The molecule has 0 bridgehead atoms. The zero-order chi connectivity index (χ0) is 23.3. The molecule has 5 atom stereocenters. The van der Waals surface area contributed by atoms with E-state index in [1.807, 2.05) is 20.8 Å². The summed E-state index contributed by atoms with van der Waals surface area (Å²) in [5, 5.41) is 5.04. The number of Topliss-reactive ketones (excluding diaryl/α,β-unsaturated/α-hetero) is 1. The minimum atomic E-state index is -1.16. The van der Waals surface area contributed by atoms with Crippen molar-refractivity contribution < 1.29 is 19.2 Å². The highest BCUT2D eigenvalue weighted by Gasteiger charge is 2.51. The average Bonchev–Trinajstić information content (AvgIpc) is 3.30. The Morgan fingerprint density at radius 1 is 1.29 bits per heavy atom. The van der Waals surface area contributed by atoms with E-state index in [2.05, 4.69) is 23.1 Å². The van der Waals surface area contributed by atoms with Crippen LogP contribution >= 0.6 is 0 Å². The molecule has 2 rings (SSSR count). The van der Waals surface area contributed by atoms with Gasteiger partial charge in [-0.25, -0.2) is 0 Å². The molecule has 1 unspecified atom stereocenters. The third-order valence-corrected chi connectivity index (χ3v) is 6.23. The normalized spacial score (nSPS) is 24.5. The number of ketones is 1. The summed E-state index contributed by atoms with van der Waals surface area (Å²) in [4.78, 5) is 52.6. The van der Waals surface area contributed by atoms with Crippen LogP contribution in [0.2, 0.25) is 0 Å². The molecule has 1 saturated heterocycles. The molecular weight excluding hydrogens is 396 g/mol. The van der Waals surface area contributed by atoms with Gasteiger partial charge in [-0.15, -0.1) is 18.9 Å². The fourth-order valence-corrected chi connectivity index (χ4v) is 4.41. The number of fused-ring (bicyclic) bond motifs is 1. The van der Waals surface area contributed by atoms with Gasteiger partial charge in [-0.1, -0.05) is 33.3 Å². The third kappa shape index (κ3) is 5.53. The molecule has 2 fully saturated rings. The highest BCUT2D eigenvalue weighted by Crippen LogP contribution is 2.43. The van der Waals surface area contributed by atoms with Crippen molar-refractivity contribution in [3.8, 4) is 12.3 Å². The first-order valence-electron chi connectivity index (χ1n) is 10.8. The number of likely N-dealkylation sites (tertiary alicyclic amines) is 1. The summed E-state index contributed by atoms with van der Waals surface area (Å²) in [5.41, 5.74) is 5.75. The van der Waals surface area contributed by atoms with Gasteiger partial charge in [0.25, 0.3) is 5.91 Å². The molecule has 1 saturated carbocycles. The Morgan fingerprint density at radius 2 is 1.97 bits per heavy atom. The minimum absolute atomic E-state index is 0.00676. The number of hydrogen-bond acceptors (Lipinski definition) is 5. The van der Waals surface area contributed by atoms with Crippen molar-refractivity contribution >= 4 is 23.5 Å². The van der Waals surface area contributed by atoms with E-state index in [-0.39, 0.29) is 30.7 Å². The third-order valence-electron chi connectivity index (χ3n) is 6.23. The number of amides is 3. The monoisotopic (exact) mass is 430 g/mol. The molecule has 0 aromatic carbocycles. The van der Waals surface area contributed by atoms with Crippen LogP contribution in [0.1, 0.15) is 46.5 Å². The first-order chi connectivity index (χ1) is 14.5. The standard InChI is InChI=1S/C23H34N4O4/c1-6-9-16(18(28)21(30)25-12-7-2)26-20(29)17-15-11-8-10-14(15)13-27(17)22(31)19(24)23(3,4)5/h1,7,14-17,19H,2,8-13,24H2,3-5H3,(H,25,30)(H,26,29)/t14-,15-,16?,17-,19+/m0/s1. The van der Waals surface area contributed by atoms with Crippen molar-refractivity contribution in [3.05, 3.63) is 12.7 Å². The molecule has 170 valence electrons. The van der Waals surface area contributed by atoms with Gasteiger partial charge in [0.2, 0.25) is 17.6 Å². The molecule has 1 aliphatic carbocycles. The predicted octanol–water partition coefficient (Wildman–Crippen LogP) is 0.366. The molecule has 4 N–H and O–H groups in total. The van der Waals surface area contributed by atoms with Gasteiger partial charge in [0, 0.05) is 19.5 Å². The average molecular weight is 431 g/mol. The lowest BCUT2D eigenvalue weighted by Gasteiger charge is -2.34. The molecule has 31 heavy (non-hydrogen) atoms. The Balaban J connectivity index is 2.22. The number of rotatable bonds is 8. The second kappa shape index (κ2) is 10.1. The summed E-state index contributed by atoms with van der Waals surface area (Å²) in [6, 6.07) is -2.64. The Hall–Kier alpha value is -2.66. The number of carbonyl (C=O) groups excluding carboxylic acids is 4. The molecule has 8 nitrogen and oxygen atoms in total. The molecule has 8 heteroatoms. The maximum atomic E-state index is 13.3. The van der Waals surface area contributed by atoms with Gasteiger partial charge < -0.3 is 21.3 Å². The first kappa shape index (κ1) is 24.6. The van der Waals surface area contributed by atoms with Gasteiger partial charge in [0.05, 0.1) is 6.04 Å². The van der Waals surface area contributed by atoms with Crippen molar-refractivity contribution in [2.75, 3.05) is 13.1 Å². The van der Waals surface area contributed by atoms with E-state index in [0.717, 1.165) is 19.3 Å². The Morgan fingerprint density at radius 3 is 2.55 bits per heavy atom. The zero-order valence-corrected chi connectivity index (χ0v) is 18.6. The summed E-state index contributed by atoms with van der Waals surface area (Å²) in [7, 11) is 0. The maximum Gasteiger partial charge on any atom is 0.289 e. The first-order valence-corrected chi connectivity index (χ1v) is 10.8. The van der Waals surface area contributed by atoms with Crippen LogP contribution in [0.25, 0.3) is 0 Å². The van der Waals surface area contributed by atoms with Crippen molar-refractivity contribution in [3.63, 3.8) is 0 Å². The number of hydrogen-bond donors (Lipinski definition) is 3. The summed E-state index contributed by atoms with van der Waals surface area (Å²) in [5.74, 6) is 0.174. The van der Waals surface area contributed by atoms with Gasteiger partial charge in [-0.05, 0) is 30.1 Å². The number of nitrogens with one attached hydrogen (secondary N) is 2. The van der Waals surface area contributed by atoms with Crippen molar-refractivity contribution in [1.82, 2.24) is 15.5 Å². The molecular formula is C23H34N4O4. The molecule has 0 aromatic heterocycles. The zero-order valence-electron chi connectivity index (χ0n) is 18.6. The van der Waals surface area contributed by atoms with E-state index in [1.54, 1.807) is 4.90 Å². The van der Waals surface area contributed by atoms with Gasteiger partial charge in [-0.2, -0.15) is 0 Å². The summed E-state index contributed by atoms with van der Waals surface area (Å²) in [6.07, 6.45) is 9.44. The van der Waals surface area contributed by atoms with Gasteiger partial charge in [0.15, 0.2) is 0 Å². The minimum Gasteiger partial charge on any atom is -0.346 e. The maximum absolute atomic E-state index is 13.3. The fraction of sp³-hybridized carbons (Fsp3) is 0.652. The fourth-order valence-electron chi connectivity index (χ4n) is 4.41. The van der Waals surface area contributed by atoms with Crippen molar-refractivity contribution in [1.29, 1.82) is 0 Å². The van der Waals surface area contributed by atoms with Crippen molar-refractivity contribution in [2.24, 2.45) is 23.0 Å². The van der Waals surface area contributed by atoms with E-state index < -0.39 is 41.1 Å². The Labute approximate surface area is 184 Å². The van der Waals surface area contributed by atoms with Crippen molar-refractivity contribution in [2.45, 2.75) is 64.6 Å². The number of nitrogens with zero attached hydrogens (tertiary/aromatic N) is 1. The van der Waals surface area contributed by atoms with Crippen LogP contribution in [0.3, 0.4) is 0 Å². The SMILES string of the molecule is C#CCC(NC(=O)[C@@H]1[C@H]2CCC[C@H]2CN1C(=O)[C@@H](N)C(C)(C)C)C(=O)C(=O)NCC=C. The molecule has 1 aliphatic heterocycles.